The van der Waals surface area contributed by atoms with Crippen LogP contribution >= 0.6 is 0 Å². The first-order valence-electron chi connectivity index (χ1n) is 10.4. The third-order valence-corrected chi connectivity index (χ3v) is 5.84. The Bertz CT molecular complexity index is 728. The number of benzene rings is 1. The van der Waals surface area contributed by atoms with Crippen molar-refractivity contribution < 1.29 is 19.8 Å². The Hall–Kier alpha value is -1.59. The molecule has 1 saturated heterocycles. The molecule has 0 aromatic heterocycles. The summed E-state index contributed by atoms with van der Waals surface area (Å²) in [5.74, 6) is -0.138. The molecule has 0 unspecified atom stereocenters. The quantitative estimate of drug-likeness (QED) is 0.631. The molecule has 164 valence electrons. The molecule has 1 heterocycles. The number of carbonyl (C=O) groups excluding carboxylic acids is 1. The number of phenols is 1. The fraction of sp³-hybridized carbons (Fsp3) is 0.708. The van der Waals surface area contributed by atoms with Crippen LogP contribution in [0, 0.1) is 0 Å². The lowest BCUT2D eigenvalue weighted by Crippen LogP contribution is -2.60. The Kier molecular flexibility index (Phi) is 5.94. The van der Waals surface area contributed by atoms with E-state index in [1.165, 1.54) is 5.06 Å². The number of hydrogen-bond acceptors (Lipinski definition) is 5. The summed E-state index contributed by atoms with van der Waals surface area (Å²) in [5.41, 5.74) is 0.327. The highest BCUT2D eigenvalue weighted by atomic mass is 16.5. The van der Waals surface area contributed by atoms with Gasteiger partial charge >= 0.3 is 5.97 Å². The average Bonchev–Trinajstić information content (AvgIpc) is 2.49. The maximum Gasteiger partial charge on any atom is 0.338 e. The van der Waals surface area contributed by atoms with E-state index in [-0.39, 0.29) is 28.7 Å². The van der Waals surface area contributed by atoms with Crippen molar-refractivity contribution in [1.82, 2.24) is 5.06 Å². The minimum absolute atomic E-state index is 0.248. The van der Waals surface area contributed by atoms with Gasteiger partial charge in [-0.15, -0.1) is 0 Å². The Balaban J connectivity index is 2.41. The Morgan fingerprint density at radius 1 is 0.966 bits per heavy atom. The monoisotopic (exact) mass is 405 g/mol. The summed E-state index contributed by atoms with van der Waals surface area (Å²) < 4.78 is 5.91. The summed E-state index contributed by atoms with van der Waals surface area (Å²) in [6.45, 7) is 19.9. The summed E-state index contributed by atoms with van der Waals surface area (Å²) in [6.07, 6.45) is 0.810. The van der Waals surface area contributed by atoms with Crippen LogP contribution in [0.1, 0.15) is 104 Å². The van der Waals surface area contributed by atoms with Gasteiger partial charge in [0, 0.05) is 35.0 Å². The molecule has 1 fully saturated rings. The number of ether oxygens (including phenoxy) is 1. The number of hydrogen-bond donors (Lipinski definition) is 2. The lowest BCUT2D eigenvalue weighted by Gasteiger charge is -2.50. The maximum absolute atomic E-state index is 13.1. The number of nitrogens with zero attached hydrogens (tertiary/aromatic N) is 1. The summed E-state index contributed by atoms with van der Waals surface area (Å²) in [7, 11) is 0. The van der Waals surface area contributed by atoms with Crippen LogP contribution < -0.4 is 0 Å². The lowest BCUT2D eigenvalue weighted by molar-refractivity contribution is -0.256. The Morgan fingerprint density at radius 2 is 1.34 bits per heavy atom. The Labute approximate surface area is 176 Å². The van der Waals surface area contributed by atoms with E-state index in [1.807, 2.05) is 69.2 Å². The van der Waals surface area contributed by atoms with Gasteiger partial charge in [-0.1, -0.05) is 41.5 Å². The zero-order valence-electron chi connectivity index (χ0n) is 19.8. The van der Waals surface area contributed by atoms with Crippen molar-refractivity contribution in [3.05, 3.63) is 28.8 Å². The molecule has 5 heteroatoms. The summed E-state index contributed by atoms with van der Waals surface area (Å²) in [5, 5.41) is 22.7. The van der Waals surface area contributed by atoms with Crippen LogP contribution in [-0.2, 0) is 15.6 Å². The third kappa shape index (κ3) is 4.95. The van der Waals surface area contributed by atoms with Gasteiger partial charge in [-0.3, -0.25) is 0 Å². The molecule has 0 saturated carbocycles. The third-order valence-electron chi connectivity index (χ3n) is 5.84. The first-order valence-corrected chi connectivity index (χ1v) is 10.4. The molecule has 5 nitrogen and oxygen atoms in total. The van der Waals surface area contributed by atoms with Gasteiger partial charge in [0.15, 0.2) is 0 Å². The molecule has 0 atom stereocenters. The Morgan fingerprint density at radius 3 is 1.69 bits per heavy atom. The highest BCUT2D eigenvalue weighted by Crippen LogP contribution is 2.41. The van der Waals surface area contributed by atoms with Gasteiger partial charge in [0.1, 0.15) is 11.9 Å². The van der Waals surface area contributed by atoms with Crippen LogP contribution in [0.3, 0.4) is 0 Å². The number of hydroxylamine groups is 2. The molecule has 1 aromatic carbocycles. The van der Waals surface area contributed by atoms with Crippen molar-refractivity contribution in [3.63, 3.8) is 0 Å². The highest BCUT2D eigenvalue weighted by Gasteiger charge is 2.46. The van der Waals surface area contributed by atoms with Gasteiger partial charge in [0.05, 0.1) is 5.56 Å². The fourth-order valence-corrected chi connectivity index (χ4v) is 4.38. The lowest BCUT2D eigenvalue weighted by atomic mass is 9.78. The molecule has 1 aliphatic rings. The normalized spacial score (nSPS) is 20.5. The van der Waals surface area contributed by atoms with Crippen molar-refractivity contribution in [2.24, 2.45) is 0 Å². The number of aromatic hydroxyl groups is 1. The van der Waals surface area contributed by atoms with E-state index >= 15 is 0 Å². The van der Waals surface area contributed by atoms with E-state index in [1.54, 1.807) is 12.1 Å². The SMILES string of the molecule is CC(C)(C)c1cc(C(=O)OC2CC(C)(C)N(O)C(C)(C)C2)cc(C(C)(C)C)c1O. The van der Waals surface area contributed by atoms with Crippen molar-refractivity contribution in [2.45, 2.75) is 110 Å². The van der Waals surface area contributed by atoms with Gasteiger partial charge in [0.25, 0.3) is 0 Å². The number of phenolic OH excluding ortho intramolecular Hbond substituents is 1. The largest absolute Gasteiger partial charge is 0.507 e. The number of carbonyl (C=O) groups is 1. The molecular weight excluding hydrogens is 366 g/mol. The first kappa shape index (κ1) is 23.7. The van der Waals surface area contributed by atoms with E-state index in [0.717, 1.165) is 11.1 Å². The highest BCUT2D eigenvalue weighted by molar-refractivity contribution is 5.90. The molecule has 0 radical (unpaired) electrons. The maximum atomic E-state index is 13.1. The molecule has 2 rings (SSSR count). The second-order valence-corrected chi connectivity index (χ2v) is 11.8. The standard InChI is InChI=1S/C24H39NO4/c1-21(2,3)17-11-15(12-18(19(17)26)22(4,5)6)20(27)29-16-13-23(7,8)25(28)24(9,10)14-16/h11-12,16,26,28H,13-14H2,1-10H3. The number of piperidine rings is 1. The van der Waals surface area contributed by atoms with Crippen molar-refractivity contribution in [1.29, 1.82) is 0 Å². The molecule has 0 bridgehead atoms. The van der Waals surface area contributed by atoms with Crippen LogP contribution in [0.15, 0.2) is 12.1 Å². The van der Waals surface area contributed by atoms with E-state index in [2.05, 4.69) is 0 Å². The van der Waals surface area contributed by atoms with Crippen LogP contribution in [-0.4, -0.2) is 38.5 Å². The zero-order valence-corrected chi connectivity index (χ0v) is 19.8. The molecule has 1 aromatic rings. The zero-order chi connectivity index (χ0) is 22.6. The van der Waals surface area contributed by atoms with Gasteiger partial charge in [-0.25, -0.2) is 4.79 Å². The van der Waals surface area contributed by atoms with Crippen molar-refractivity contribution >= 4 is 5.97 Å². The average molecular weight is 406 g/mol. The molecule has 2 N–H and O–H groups in total. The smallest absolute Gasteiger partial charge is 0.338 e. The van der Waals surface area contributed by atoms with Crippen molar-refractivity contribution in [3.8, 4) is 5.75 Å². The second-order valence-electron chi connectivity index (χ2n) is 11.8. The van der Waals surface area contributed by atoms with Gasteiger partial charge in [-0.05, 0) is 50.7 Å². The fourth-order valence-electron chi connectivity index (χ4n) is 4.38. The number of rotatable bonds is 2. The molecule has 0 aliphatic carbocycles. The van der Waals surface area contributed by atoms with Gasteiger partial charge in [-0.2, -0.15) is 5.06 Å². The summed E-state index contributed by atoms with van der Waals surface area (Å²) >= 11 is 0. The minimum atomic E-state index is -0.491. The van der Waals surface area contributed by atoms with Gasteiger partial charge in [0.2, 0.25) is 0 Å². The van der Waals surface area contributed by atoms with Crippen LogP contribution in [0.2, 0.25) is 0 Å². The van der Waals surface area contributed by atoms with Crippen LogP contribution in [0.5, 0.6) is 5.75 Å². The minimum Gasteiger partial charge on any atom is -0.507 e. The van der Waals surface area contributed by atoms with Gasteiger partial charge < -0.3 is 15.1 Å². The van der Waals surface area contributed by atoms with Crippen LogP contribution in [0.4, 0.5) is 0 Å². The molecule has 0 amide bonds. The molecule has 29 heavy (non-hydrogen) atoms. The summed E-state index contributed by atoms with van der Waals surface area (Å²) in [4.78, 5) is 13.1. The van der Waals surface area contributed by atoms with E-state index in [9.17, 15) is 15.1 Å². The molecular formula is C24H39NO4. The molecule has 0 spiro atoms. The van der Waals surface area contributed by atoms with Crippen LogP contribution in [0.25, 0.3) is 0 Å². The predicted octanol–water partition coefficient (Wildman–Crippen LogP) is 5.55. The van der Waals surface area contributed by atoms with E-state index in [0.29, 0.717) is 18.4 Å². The predicted molar refractivity (Wildman–Crippen MR) is 116 cm³/mol. The molecule has 1 aliphatic heterocycles. The first-order chi connectivity index (χ1) is 12.9. The van der Waals surface area contributed by atoms with Crippen molar-refractivity contribution in [2.75, 3.05) is 0 Å². The summed E-state index contributed by atoms with van der Waals surface area (Å²) in [6, 6.07) is 3.51. The second kappa shape index (κ2) is 7.28. The topological polar surface area (TPSA) is 70.0 Å². The number of esters is 1. The van der Waals surface area contributed by atoms with E-state index in [4.69, 9.17) is 4.74 Å². The van der Waals surface area contributed by atoms with E-state index < -0.39 is 11.1 Å².